The Balaban J connectivity index is 1.79. The number of hydrogen-bond donors (Lipinski definition) is 3. The molecule has 2 rings (SSSR count). The molecule has 4 N–H and O–H groups in total. The van der Waals surface area contributed by atoms with E-state index in [1.54, 1.807) is 18.2 Å². The van der Waals surface area contributed by atoms with Gasteiger partial charge in [-0.1, -0.05) is 11.6 Å². The summed E-state index contributed by atoms with van der Waals surface area (Å²) in [5.41, 5.74) is 5.84. The van der Waals surface area contributed by atoms with Gasteiger partial charge in [-0.15, -0.1) is 0 Å². The van der Waals surface area contributed by atoms with Crippen molar-refractivity contribution in [3.8, 4) is 0 Å². The Hall–Kier alpha value is -1.95. The van der Waals surface area contributed by atoms with Crippen LogP contribution >= 0.6 is 11.6 Å². The molecule has 0 aromatic heterocycles. The van der Waals surface area contributed by atoms with E-state index in [0.717, 1.165) is 18.5 Å². The summed E-state index contributed by atoms with van der Waals surface area (Å²) in [6.07, 6.45) is 1.21. The van der Waals surface area contributed by atoms with Crippen molar-refractivity contribution in [2.45, 2.75) is 51.3 Å². The van der Waals surface area contributed by atoms with E-state index >= 15 is 0 Å². The van der Waals surface area contributed by atoms with Gasteiger partial charge in [0, 0.05) is 17.8 Å². The van der Waals surface area contributed by atoms with Gasteiger partial charge in [-0.3, -0.25) is 4.79 Å². The Morgan fingerprint density at radius 2 is 1.91 bits per heavy atom. The molecule has 1 saturated carbocycles. The van der Waals surface area contributed by atoms with Crippen molar-refractivity contribution in [3.63, 3.8) is 0 Å². The van der Waals surface area contributed by atoms with Crippen LogP contribution in [0.2, 0.25) is 5.02 Å². The standard InChI is InChI=1S/C16H22ClN3O3/c1-16(2,3)23-15(22)20-11-6-10(7-11)19-9-4-5-12(14(18)21)13(17)8-9/h4-5,8,10-11,19H,6-7H2,1-3H3,(H2,18,21)(H,20,22). The van der Waals surface area contributed by atoms with E-state index in [2.05, 4.69) is 10.6 Å². The highest BCUT2D eigenvalue weighted by Crippen LogP contribution is 2.27. The molecule has 0 unspecified atom stereocenters. The summed E-state index contributed by atoms with van der Waals surface area (Å²) in [7, 11) is 0. The summed E-state index contributed by atoms with van der Waals surface area (Å²) in [6, 6.07) is 5.38. The van der Waals surface area contributed by atoms with Gasteiger partial charge in [0.1, 0.15) is 5.60 Å². The number of rotatable bonds is 4. The van der Waals surface area contributed by atoms with E-state index in [-0.39, 0.29) is 12.1 Å². The summed E-state index contributed by atoms with van der Waals surface area (Å²) in [5.74, 6) is -0.549. The molecule has 0 heterocycles. The Kier molecular flexibility index (Phi) is 5.04. The van der Waals surface area contributed by atoms with Gasteiger partial charge >= 0.3 is 6.09 Å². The number of alkyl carbamates (subject to hydrolysis) is 1. The van der Waals surface area contributed by atoms with Crippen LogP contribution < -0.4 is 16.4 Å². The van der Waals surface area contributed by atoms with E-state index in [1.165, 1.54) is 0 Å². The van der Waals surface area contributed by atoms with E-state index in [4.69, 9.17) is 22.1 Å². The van der Waals surface area contributed by atoms with Gasteiger partial charge in [0.15, 0.2) is 0 Å². The Labute approximate surface area is 140 Å². The van der Waals surface area contributed by atoms with Crippen molar-refractivity contribution in [2.24, 2.45) is 5.73 Å². The number of nitrogens with one attached hydrogen (secondary N) is 2. The molecular formula is C16H22ClN3O3. The van der Waals surface area contributed by atoms with Gasteiger partial charge < -0.3 is 21.1 Å². The molecule has 1 aliphatic rings. The third-order valence-corrected chi connectivity index (χ3v) is 3.78. The minimum absolute atomic E-state index is 0.0997. The Bertz CT molecular complexity index is 607. The highest BCUT2D eigenvalue weighted by Gasteiger charge is 2.31. The summed E-state index contributed by atoms with van der Waals surface area (Å²) >= 11 is 6.01. The SMILES string of the molecule is CC(C)(C)OC(=O)NC1CC(Nc2ccc(C(N)=O)c(Cl)c2)C1. The maximum absolute atomic E-state index is 11.7. The van der Waals surface area contributed by atoms with Crippen LogP contribution in [0.4, 0.5) is 10.5 Å². The predicted octanol–water partition coefficient (Wildman–Crippen LogP) is 2.91. The van der Waals surface area contributed by atoms with Crippen LogP contribution in [-0.4, -0.2) is 29.7 Å². The first kappa shape index (κ1) is 17.4. The molecule has 0 bridgehead atoms. The topological polar surface area (TPSA) is 93.4 Å². The van der Waals surface area contributed by atoms with Crippen LogP contribution in [0.3, 0.4) is 0 Å². The second kappa shape index (κ2) is 6.66. The molecule has 0 spiro atoms. The molecule has 1 fully saturated rings. The molecule has 1 aliphatic carbocycles. The first-order valence-corrected chi connectivity index (χ1v) is 7.87. The van der Waals surface area contributed by atoms with Crippen LogP contribution in [0, 0.1) is 0 Å². The largest absolute Gasteiger partial charge is 0.444 e. The number of carbonyl (C=O) groups is 2. The minimum Gasteiger partial charge on any atom is -0.444 e. The molecule has 126 valence electrons. The van der Waals surface area contributed by atoms with E-state index in [1.807, 2.05) is 20.8 Å². The van der Waals surface area contributed by atoms with Gasteiger partial charge in [-0.25, -0.2) is 4.79 Å². The molecule has 0 radical (unpaired) electrons. The lowest BCUT2D eigenvalue weighted by molar-refractivity contribution is 0.0475. The highest BCUT2D eigenvalue weighted by atomic mass is 35.5. The van der Waals surface area contributed by atoms with Gasteiger partial charge in [-0.05, 0) is 51.8 Å². The third kappa shape index (κ3) is 5.03. The van der Waals surface area contributed by atoms with Crippen molar-refractivity contribution >= 4 is 29.3 Å². The number of primary amides is 1. The summed E-state index contributed by atoms with van der Waals surface area (Å²) in [5, 5.41) is 6.47. The van der Waals surface area contributed by atoms with Crippen molar-refractivity contribution < 1.29 is 14.3 Å². The number of ether oxygens (including phenoxy) is 1. The van der Waals surface area contributed by atoms with Crippen LogP contribution in [0.5, 0.6) is 0 Å². The second-order valence-electron chi connectivity index (χ2n) is 6.71. The highest BCUT2D eigenvalue weighted by molar-refractivity contribution is 6.34. The van der Waals surface area contributed by atoms with Crippen molar-refractivity contribution in [1.82, 2.24) is 5.32 Å². The van der Waals surface area contributed by atoms with Gasteiger partial charge in [0.05, 0.1) is 10.6 Å². The number of halogens is 1. The molecule has 1 aromatic rings. The maximum Gasteiger partial charge on any atom is 0.407 e. The lowest BCUT2D eigenvalue weighted by Gasteiger charge is -2.37. The monoisotopic (exact) mass is 339 g/mol. The number of hydrogen-bond acceptors (Lipinski definition) is 4. The zero-order valence-electron chi connectivity index (χ0n) is 13.5. The molecule has 7 heteroatoms. The Morgan fingerprint density at radius 1 is 1.26 bits per heavy atom. The summed E-state index contributed by atoms with van der Waals surface area (Å²) in [4.78, 5) is 22.8. The smallest absolute Gasteiger partial charge is 0.407 e. The maximum atomic E-state index is 11.7. The van der Waals surface area contributed by atoms with Crippen molar-refractivity contribution in [2.75, 3.05) is 5.32 Å². The van der Waals surface area contributed by atoms with Crippen LogP contribution in [0.15, 0.2) is 18.2 Å². The molecule has 0 atom stereocenters. The first-order valence-electron chi connectivity index (χ1n) is 7.49. The van der Waals surface area contributed by atoms with Crippen molar-refractivity contribution in [1.29, 1.82) is 0 Å². The fraction of sp³-hybridized carbons (Fsp3) is 0.500. The van der Waals surface area contributed by atoms with Crippen molar-refractivity contribution in [3.05, 3.63) is 28.8 Å². The van der Waals surface area contributed by atoms with Gasteiger partial charge in [0.2, 0.25) is 5.91 Å². The Morgan fingerprint density at radius 3 is 2.43 bits per heavy atom. The second-order valence-corrected chi connectivity index (χ2v) is 7.12. The number of benzene rings is 1. The summed E-state index contributed by atoms with van der Waals surface area (Å²) < 4.78 is 5.22. The number of nitrogens with two attached hydrogens (primary N) is 1. The number of amides is 2. The van der Waals surface area contributed by atoms with E-state index in [9.17, 15) is 9.59 Å². The van der Waals surface area contributed by atoms with Crippen LogP contribution in [0.1, 0.15) is 44.0 Å². The normalized spacial score (nSPS) is 20.3. The molecule has 0 aliphatic heterocycles. The zero-order chi connectivity index (χ0) is 17.2. The fourth-order valence-electron chi connectivity index (χ4n) is 2.37. The summed E-state index contributed by atoms with van der Waals surface area (Å²) in [6.45, 7) is 5.49. The minimum atomic E-state index is -0.549. The lowest BCUT2D eigenvalue weighted by Crippen LogP contribution is -2.50. The molecule has 6 nitrogen and oxygen atoms in total. The zero-order valence-corrected chi connectivity index (χ0v) is 14.2. The van der Waals surface area contributed by atoms with Gasteiger partial charge in [0.25, 0.3) is 0 Å². The molecule has 0 saturated heterocycles. The first-order chi connectivity index (χ1) is 10.6. The third-order valence-electron chi connectivity index (χ3n) is 3.46. The molecule has 1 aromatic carbocycles. The average molecular weight is 340 g/mol. The molecular weight excluding hydrogens is 318 g/mol. The number of anilines is 1. The quantitative estimate of drug-likeness (QED) is 0.786. The van der Waals surface area contributed by atoms with Crippen LogP contribution in [0.25, 0.3) is 0 Å². The average Bonchev–Trinajstić information content (AvgIpc) is 2.33. The molecule has 23 heavy (non-hydrogen) atoms. The lowest BCUT2D eigenvalue weighted by atomic mass is 9.86. The predicted molar refractivity (Wildman–Crippen MR) is 89.8 cm³/mol. The molecule has 2 amide bonds. The van der Waals surface area contributed by atoms with Gasteiger partial charge in [-0.2, -0.15) is 0 Å². The fourth-order valence-corrected chi connectivity index (χ4v) is 2.64. The number of carbonyl (C=O) groups excluding carboxylic acids is 2. The van der Waals surface area contributed by atoms with E-state index < -0.39 is 17.6 Å². The van der Waals surface area contributed by atoms with E-state index in [0.29, 0.717) is 10.6 Å². The van der Waals surface area contributed by atoms with Crippen LogP contribution in [-0.2, 0) is 4.74 Å².